The summed E-state index contributed by atoms with van der Waals surface area (Å²) in [6.45, 7) is 1.86. The molecule has 2 rings (SSSR count). The molecule has 1 saturated heterocycles. The van der Waals surface area contributed by atoms with Crippen molar-refractivity contribution >= 4 is 17.6 Å². The Kier molecular flexibility index (Phi) is 3.69. The predicted molar refractivity (Wildman–Crippen MR) is 69.5 cm³/mol. The first-order valence-corrected chi connectivity index (χ1v) is 6.21. The minimum atomic E-state index is -1.04. The molecule has 0 aliphatic carbocycles. The summed E-state index contributed by atoms with van der Waals surface area (Å²) < 4.78 is 0. The van der Waals surface area contributed by atoms with Gasteiger partial charge in [0, 0.05) is 23.7 Å². The highest BCUT2D eigenvalue weighted by atomic mass is 16.6. The molecule has 1 heterocycles. The van der Waals surface area contributed by atoms with Crippen LogP contribution in [0.3, 0.4) is 0 Å². The Morgan fingerprint density at radius 2 is 2.15 bits per heavy atom. The fraction of sp³-hybridized carbons (Fsp3) is 0.385. The molecule has 0 saturated carbocycles. The number of carboxylic acid groups (broad SMARTS) is 1. The van der Waals surface area contributed by atoms with Crippen molar-refractivity contribution < 1.29 is 19.6 Å². The fourth-order valence-corrected chi connectivity index (χ4v) is 2.47. The summed E-state index contributed by atoms with van der Waals surface area (Å²) in [7, 11) is 0. The Hall–Kier alpha value is -2.44. The average molecular weight is 278 g/mol. The van der Waals surface area contributed by atoms with Crippen LogP contribution in [0.2, 0.25) is 0 Å². The minimum absolute atomic E-state index is 0.137. The van der Waals surface area contributed by atoms with Gasteiger partial charge in [-0.2, -0.15) is 0 Å². The lowest BCUT2D eigenvalue weighted by Gasteiger charge is -2.22. The van der Waals surface area contributed by atoms with Gasteiger partial charge < -0.3 is 10.0 Å². The number of nitro benzene ring substituents is 1. The molecule has 1 aliphatic heterocycles. The lowest BCUT2D eigenvalue weighted by atomic mass is 10.1. The molecule has 0 radical (unpaired) electrons. The van der Waals surface area contributed by atoms with Gasteiger partial charge in [-0.1, -0.05) is 6.07 Å². The number of likely N-dealkylation sites (tertiary alicyclic amines) is 1. The zero-order valence-corrected chi connectivity index (χ0v) is 10.9. The number of carbonyl (C=O) groups excluding carboxylic acids is 1. The summed E-state index contributed by atoms with van der Waals surface area (Å²) >= 11 is 0. The van der Waals surface area contributed by atoms with Crippen LogP contribution in [0.4, 0.5) is 5.69 Å². The third kappa shape index (κ3) is 2.34. The standard InChI is InChI=1S/C13H14N2O5/c1-8-9(4-2-5-10(8)15(19)20)12(16)14-7-3-6-11(14)13(17)18/h2,4-5,11H,3,6-7H2,1H3,(H,17,18). The van der Waals surface area contributed by atoms with E-state index in [1.807, 2.05) is 0 Å². The Bertz CT molecular complexity index is 584. The molecule has 1 aliphatic rings. The number of hydrogen-bond donors (Lipinski definition) is 1. The first-order valence-electron chi connectivity index (χ1n) is 6.21. The maximum absolute atomic E-state index is 12.4. The number of aliphatic carboxylic acids is 1. The monoisotopic (exact) mass is 278 g/mol. The maximum Gasteiger partial charge on any atom is 0.326 e. The van der Waals surface area contributed by atoms with E-state index in [0.29, 0.717) is 19.4 Å². The van der Waals surface area contributed by atoms with Crippen molar-refractivity contribution in [1.29, 1.82) is 0 Å². The number of nitrogens with zero attached hydrogens (tertiary/aromatic N) is 2. The van der Waals surface area contributed by atoms with E-state index in [4.69, 9.17) is 5.11 Å². The van der Waals surface area contributed by atoms with E-state index < -0.39 is 22.8 Å². The zero-order chi connectivity index (χ0) is 14.9. The molecule has 1 atom stereocenters. The van der Waals surface area contributed by atoms with E-state index >= 15 is 0 Å². The molecule has 1 aromatic carbocycles. The van der Waals surface area contributed by atoms with E-state index in [-0.39, 0.29) is 16.8 Å². The first-order chi connectivity index (χ1) is 9.43. The van der Waals surface area contributed by atoms with Gasteiger partial charge in [-0.25, -0.2) is 4.79 Å². The number of amides is 1. The lowest BCUT2D eigenvalue weighted by Crippen LogP contribution is -2.40. The number of rotatable bonds is 3. The molecule has 1 aromatic rings. The van der Waals surface area contributed by atoms with Gasteiger partial charge in [0.1, 0.15) is 6.04 Å². The van der Waals surface area contributed by atoms with E-state index in [1.165, 1.54) is 30.0 Å². The molecule has 7 nitrogen and oxygen atoms in total. The predicted octanol–water partition coefficient (Wildman–Crippen LogP) is 1.59. The van der Waals surface area contributed by atoms with Gasteiger partial charge in [-0.15, -0.1) is 0 Å². The van der Waals surface area contributed by atoms with Crippen LogP contribution in [-0.4, -0.2) is 39.4 Å². The normalized spacial score (nSPS) is 18.1. The summed E-state index contributed by atoms with van der Waals surface area (Å²) in [5.74, 6) is -1.50. The molecule has 0 aromatic heterocycles. The van der Waals surface area contributed by atoms with Gasteiger partial charge in [0.05, 0.1) is 4.92 Å². The largest absolute Gasteiger partial charge is 0.480 e. The van der Waals surface area contributed by atoms with Gasteiger partial charge in [-0.05, 0) is 25.8 Å². The number of carboxylic acids is 1. The first kappa shape index (κ1) is 14.0. The van der Waals surface area contributed by atoms with Gasteiger partial charge in [-0.3, -0.25) is 14.9 Å². The molecular weight excluding hydrogens is 264 g/mol. The van der Waals surface area contributed by atoms with Gasteiger partial charge >= 0.3 is 5.97 Å². The van der Waals surface area contributed by atoms with Crippen LogP contribution in [0.1, 0.15) is 28.8 Å². The van der Waals surface area contributed by atoms with E-state index in [2.05, 4.69) is 0 Å². The fourth-order valence-electron chi connectivity index (χ4n) is 2.47. The Balaban J connectivity index is 2.37. The van der Waals surface area contributed by atoms with Crippen molar-refractivity contribution in [1.82, 2.24) is 4.90 Å². The van der Waals surface area contributed by atoms with Gasteiger partial charge in [0.2, 0.25) is 0 Å². The average Bonchev–Trinajstić information content (AvgIpc) is 2.87. The van der Waals surface area contributed by atoms with Crippen LogP contribution >= 0.6 is 0 Å². The lowest BCUT2D eigenvalue weighted by molar-refractivity contribution is -0.385. The Morgan fingerprint density at radius 3 is 2.75 bits per heavy atom. The van der Waals surface area contributed by atoms with Crippen LogP contribution in [0.15, 0.2) is 18.2 Å². The molecule has 7 heteroatoms. The second kappa shape index (κ2) is 5.28. The van der Waals surface area contributed by atoms with Gasteiger partial charge in [0.15, 0.2) is 0 Å². The van der Waals surface area contributed by atoms with Crippen molar-refractivity contribution in [2.45, 2.75) is 25.8 Å². The Morgan fingerprint density at radius 1 is 1.45 bits per heavy atom. The second-order valence-electron chi connectivity index (χ2n) is 4.70. The summed E-state index contributed by atoms with van der Waals surface area (Å²) in [4.78, 5) is 35.1. The molecule has 106 valence electrons. The highest BCUT2D eigenvalue weighted by Gasteiger charge is 2.35. The van der Waals surface area contributed by atoms with Crippen LogP contribution in [0.25, 0.3) is 0 Å². The quantitative estimate of drug-likeness (QED) is 0.668. The molecule has 0 bridgehead atoms. The van der Waals surface area contributed by atoms with Gasteiger partial charge in [0.25, 0.3) is 11.6 Å². The molecule has 1 N–H and O–H groups in total. The maximum atomic E-state index is 12.4. The minimum Gasteiger partial charge on any atom is -0.480 e. The summed E-state index contributed by atoms with van der Waals surface area (Å²) in [6, 6.07) is 3.40. The van der Waals surface area contributed by atoms with Crippen LogP contribution in [-0.2, 0) is 4.79 Å². The molecule has 1 unspecified atom stereocenters. The zero-order valence-electron chi connectivity index (χ0n) is 10.9. The summed E-state index contributed by atoms with van der Waals surface area (Å²) in [5, 5.41) is 20.0. The van der Waals surface area contributed by atoms with Crippen molar-refractivity contribution in [3.8, 4) is 0 Å². The van der Waals surface area contributed by atoms with Crippen molar-refractivity contribution in [2.75, 3.05) is 6.54 Å². The number of carbonyl (C=O) groups is 2. The van der Waals surface area contributed by atoms with E-state index in [1.54, 1.807) is 0 Å². The van der Waals surface area contributed by atoms with Crippen molar-refractivity contribution in [3.63, 3.8) is 0 Å². The highest BCUT2D eigenvalue weighted by Crippen LogP contribution is 2.25. The summed E-state index contributed by atoms with van der Waals surface area (Å²) in [6.07, 6.45) is 1.03. The number of nitro groups is 1. The van der Waals surface area contributed by atoms with Crippen LogP contribution in [0.5, 0.6) is 0 Å². The number of benzene rings is 1. The second-order valence-corrected chi connectivity index (χ2v) is 4.70. The topological polar surface area (TPSA) is 101 Å². The van der Waals surface area contributed by atoms with E-state index in [0.717, 1.165) is 0 Å². The SMILES string of the molecule is Cc1c(C(=O)N2CCCC2C(=O)O)cccc1[N+](=O)[O-]. The third-order valence-corrected chi connectivity index (χ3v) is 3.53. The van der Waals surface area contributed by atoms with E-state index in [9.17, 15) is 19.7 Å². The van der Waals surface area contributed by atoms with Crippen LogP contribution in [0, 0.1) is 17.0 Å². The van der Waals surface area contributed by atoms with Crippen LogP contribution < -0.4 is 0 Å². The molecule has 1 fully saturated rings. The summed E-state index contributed by atoms with van der Waals surface area (Å²) in [5.41, 5.74) is 0.313. The number of hydrogen-bond acceptors (Lipinski definition) is 4. The highest BCUT2D eigenvalue weighted by molar-refractivity contribution is 5.98. The molecule has 1 amide bonds. The van der Waals surface area contributed by atoms with Crippen molar-refractivity contribution in [2.24, 2.45) is 0 Å². The van der Waals surface area contributed by atoms with Crippen molar-refractivity contribution in [3.05, 3.63) is 39.4 Å². The Labute approximate surface area is 115 Å². The third-order valence-electron chi connectivity index (χ3n) is 3.53. The molecule has 0 spiro atoms. The smallest absolute Gasteiger partial charge is 0.326 e. The molecular formula is C13H14N2O5. The molecule has 20 heavy (non-hydrogen) atoms.